The van der Waals surface area contributed by atoms with Gasteiger partial charge in [0.25, 0.3) is 0 Å². The number of aliphatic hydroxyl groups excluding tert-OH is 4. The third-order valence-corrected chi connectivity index (χ3v) is 3.62. The Morgan fingerprint density at radius 1 is 0.800 bits per heavy atom. The average molecular weight is 284 g/mol. The van der Waals surface area contributed by atoms with Crippen molar-refractivity contribution in [3.8, 4) is 0 Å². The molecule has 0 aromatic heterocycles. The Morgan fingerprint density at radius 2 is 1.30 bits per heavy atom. The second kappa shape index (κ2) is 2.98. The summed E-state index contributed by atoms with van der Waals surface area (Å²) in [6.45, 7) is 0. The highest BCUT2D eigenvalue weighted by atomic mass is 16.5. The van der Waals surface area contributed by atoms with Crippen LogP contribution in [0, 0.1) is 0 Å². The first kappa shape index (κ1) is 12.5. The predicted octanol–water partition coefficient (Wildman–Crippen LogP) is -1.23. The topological polar surface area (TPSA) is 179 Å². The zero-order valence-corrected chi connectivity index (χ0v) is 9.49. The van der Waals surface area contributed by atoms with Gasteiger partial charge in [0, 0.05) is 11.1 Å². The molecule has 20 heavy (non-hydrogen) atoms. The van der Waals surface area contributed by atoms with Crippen molar-refractivity contribution in [2.45, 2.75) is 11.4 Å². The first-order valence-electron chi connectivity index (χ1n) is 5.24. The molecule has 2 bridgehead atoms. The first-order chi connectivity index (χ1) is 9.07. The second-order valence-electron chi connectivity index (χ2n) is 4.58. The zero-order valence-electron chi connectivity index (χ0n) is 9.49. The number of fused-ring (bicyclic) bond motifs is 4. The lowest BCUT2D eigenvalue weighted by atomic mass is 9.88. The second-order valence-corrected chi connectivity index (χ2v) is 4.58. The fourth-order valence-corrected chi connectivity index (χ4v) is 2.74. The summed E-state index contributed by atoms with van der Waals surface area (Å²) in [4.78, 5) is 11.2. The van der Waals surface area contributed by atoms with Crippen LogP contribution in [-0.4, -0.2) is 58.2 Å². The molecule has 0 heterocycles. The molecule has 3 rings (SSSR count). The smallest absolute Gasteiger partial charge is 0.348 e. The zero-order chi connectivity index (χ0) is 15.2. The Balaban J connectivity index is 2.43. The summed E-state index contributed by atoms with van der Waals surface area (Å²) in [5, 5.41) is 77.1. The van der Waals surface area contributed by atoms with Gasteiger partial charge >= 0.3 is 5.97 Å². The van der Waals surface area contributed by atoms with E-state index in [4.69, 9.17) is 5.11 Å². The molecule has 0 amide bonds. The van der Waals surface area contributed by atoms with Gasteiger partial charge < -0.3 is 40.9 Å². The molecule has 0 aliphatic heterocycles. The van der Waals surface area contributed by atoms with Gasteiger partial charge in [0.2, 0.25) is 11.4 Å². The van der Waals surface area contributed by atoms with E-state index in [0.717, 1.165) is 0 Å². The van der Waals surface area contributed by atoms with Crippen molar-refractivity contribution < 1.29 is 45.6 Å². The normalized spacial score (nSPS) is 30.8. The maximum absolute atomic E-state index is 11.2. The minimum absolute atomic E-state index is 0.636. The molecule has 106 valence electrons. The molecule has 0 saturated heterocycles. The Morgan fingerprint density at radius 3 is 1.80 bits per heavy atom. The van der Waals surface area contributed by atoms with Crippen molar-refractivity contribution in [3.63, 3.8) is 0 Å². The van der Waals surface area contributed by atoms with Crippen LogP contribution in [0.2, 0.25) is 0 Å². The summed E-state index contributed by atoms with van der Waals surface area (Å²) in [5.41, 5.74) is -6.29. The van der Waals surface area contributed by atoms with Crippen LogP contribution in [0.25, 0.3) is 0 Å². The van der Waals surface area contributed by atoms with E-state index in [1.165, 1.54) is 0 Å². The van der Waals surface area contributed by atoms with Crippen molar-refractivity contribution in [3.05, 3.63) is 45.3 Å². The van der Waals surface area contributed by atoms with E-state index in [1.807, 2.05) is 0 Å². The Kier molecular flexibility index (Phi) is 1.87. The molecule has 0 fully saturated rings. The Bertz CT molecular complexity index is 718. The number of carboxylic acid groups (broad SMARTS) is 1. The van der Waals surface area contributed by atoms with E-state index < -0.39 is 62.7 Å². The van der Waals surface area contributed by atoms with Crippen LogP contribution in [-0.2, 0) is 4.79 Å². The van der Waals surface area contributed by atoms with Crippen LogP contribution >= 0.6 is 0 Å². The summed E-state index contributed by atoms with van der Waals surface area (Å²) < 4.78 is 0. The van der Waals surface area contributed by atoms with Gasteiger partial charge in [0.05, 0.1) is 11.1 Å². The summed E-state index contributed by atoms with van der Waals surface area (Å²) in [6.07, 6.45) is 0. The molecule has 0 radical (unpaired) electrons. The number of carbonyl (C=O) groups is 1. The van der Waals surface area contributed by atoms with E-state index in [2.05, 4.69) is 0 Å². The van der Waals surface area contributed by atoms with Crippen molar-refractivity contribution in [2.24, 2.45) is 0 Å². The number of aliphatic carboxylic acids is 1. The summed E-state index contributed by atoms with van der Waals surface area (Å²) in [6, 6.07) is 0. The number of aliphatic hydroxyl groups is 7. The third kappa shape index (κ3) is 0.922. The quantitative estimate of drug-likeness (QED) is 0.274. The van der Waals surface area contributed by atoms with Gasteiger partial charge in [-0.1, -0.05) is 0 Å². The van der Waals surface area contributed by atoms with Crippen LogP contribution in [0.5, 0.6) is 0 Å². The lowest BCUT2D eigenvalue weighted by molar-refractivity contribution is -0.153. The van der Waals surface area contributed by atoms with Crippen LogP contribution in [0.3, 0.4) is 0 Å². The van der Waals surface area contributed by atoms with Crippen molar-refractivity contribution >= 4 is 5.97 Å². The maximum Gasteiger partial charge on any atom is 0.348 e. The standard InChI is InChI=1S/C11H8O9/c12-5-1-2(10(18,8(5)15)9(16)17)4-7(14)6(13)3(1)11(4,19)20/h12-15,18-20H,(H,16,17). The lowest BCUT2D eigenvalue weighted by Crippen LogP contribution is -2.43. The number of allylic oxidation sites excluding steroid dienone is 1. The molecule has 3 aliphatic rings. The number of carboxylic acids is 1. The molecular weight excluding hydrogens is 276 g/mol. The van der Waals surface area contributed by atoms with Crippen molar-refractivity contribution in [2.75, 3.05) is 0 Å². The van der Waals surface area contributed by atoms with Crippen LogP contribution in [0.1, 0.15) is 0 Å². The fourth-order valence-electron chi connectivity index (χ4n) is 2.74. The first-order valence-corrected chi connectivity index (χ1v) is 5.24. The number of rotatable bonds is 1. The van der Waals surface area contributed by atoms with Gasteiger partial charge in [-0.2, -0.15) is 0 Å². The van der Waals surface area contributed by atoms with Gasteiger partial charge in [0.1, 0.15) is 0 Å². The number of hydrogen-bond acceptors (Lipinski definition) is 8. The molecule has 0 aromatic carbocycles. The van der Waals surface area contributed by atoms with Crippen molar-refractivity contribution in [1.29, 1.82) is 0 Å². The van der Waals surface area contributed by atoms with E-state index in [1.54, 1.807) is 0 Å². The molecular formula is C11H8O9. The summed E-state index contributed by atoms with van der Waals surface area (Å²) in [7, 11) is 0. The highest BCUT2D eigenvalue weighted by Crippen LogP contribution is 2.60. The maximum atomic E-state index is 11.2. The largest absolute Gasteiger partial charge is 0.505 e. The summed E-state index contributed by atoms with van der Waals surface area (Å²) >= 11 is 0. The highest BCUT2D eigenvalue weighted by Gasteiger charge is 2.67. The Hall–Kier alpha value is -2.49. The molecule has 8 N–H and O–H groups in total. The lowest BCUT2D eigenvalue weighted by Gasteiger charge is -2.25. The van der Waals surface area contributed by atoms with Gasteiger partial charge in [-0.05, 0) is 0 Å². The number of hydrogen-bond donors (Lipinski definition) is 8. The molecule has 0 saturated carbocycles. The van der Waals surface area contributed by atoms with Gasteiger partial charge in [0.15, 0.2) is 23.0 Å². The molecule has 0 spiro atoms. The Labute approximate surface area is 109 Å². The monoisotopic (exact) mass is 284 g/mol. The minimum atomic E-state index is -3.15. The van der Waals surface area contributed by atoms with Crippen molar-refractivity contribution in [1.82, 2.24) is 0 Å². The van der Waals surface area contributed by atoms with Crippen LogP contribution < -0.4 is 0 Å². The predicted molar refractivity (Wildman–Crippen MR) is 58.4 cm³/mol. The summed E-state index contributed by atoms with van der Waals surface area (Å²) in [5.74, 6) is -9.49. The average Bonchev–Trinajstić information content (AvgIpc) is 2.77. The van der Waals surface area contributed by atoms with E-state index in [-0.39, 0.29) is 0 Å². The van der Waals surface area contributed by atoms with Gasteiger partial charge in [-0.25, -0.2) is 4.79 Å². The molecule has 3 aliphatic carbocycles. The minimum Gasteiger partial charge on any atom is -0.505 e. The third-order valence-electron chi connectivity index (χ3n) is 3.62. The highest BCUT2D eigenvalue weighted by molar-refractivity contribution is 5.95. The van der Waals surface area contributed by atoms with E-state index in [9.17, 15) is 40.5 Å². The van der Waals surface area contributed by atoms with Crippen LogP contribution in [0.15, 0.2) is 45.3 Å². The fraction of sp³-hybridized carbons (Fsp3) is 0.182. The van der Waals surface area contributed by atoms with Gasteiger partial charge in [-0.3, -0.25) is 0 Å². The van der Waals surface area contributed by atoms with E-state index in [0.29, 0.717) is 0 Å². The molecule has 0 aromatic rings. The van der Waals surface area contributed by atoms with Crippen LogP contribution in [0.4, 0.5) is 0 Å². The molecule has 9 heteroatoms. The molecule has 9 nitrogen and oxygen atoms in total. The van der Waals surface area contributed by atoms with E-state index >= 15 is 0 Å². The SMILES string of the molecule is O=C(O)C1(O)C(O)=C(O)C2=C1C1=C(O)C(O)=C2C1(O)O. The molecule has 1 unspecified atom stereocenters. The molecule has 1 atom stereocenters. The van der Waals surface area contributed by atoms with Gasteiger partial charge in [-0.15, -0.1) is 0 Å².